The first-order valence-corrected chi connectivity index (χ1v) is 9.37. The van der Waals surface area contributed by atoms with Crippen molar-refractivity contribution in [2.45, 2.75) is 46.5 Å². The Morgan fingerprint density at radius 2 is 1.74 bits per heavy atom. The van der Waals surface area contributed by atoms with Crippen LogP contribution < -0.4 is 0 Å². The van der Waals surface area contributed by atoms with Crippen LogP contribution in [-0.2, 0) is 0 Å². The Balaban J connectivity index is 1.76. The van der Waals surface area contributed by atoms with E-state index < -0.39 is 0 Å². The average molecular weight is 322 g/mol. The summed E-state index contributed by atoms with van der Waals surface area (Å²) in [5, 5.41) is 18.9. The number of aliphatic hydroxyl groups excluding tert-OH is 1. The number of aliphatic hydroxyl groups is 1. The molecule has 2 saturated heterocycles. The lowest BCUT2D eigenvalue weighted by Crippen LogP contribution is -2.44. The summed E-state index contributed by atoms with van der Waals surface area (Å²) in [6.45, 7) is 13.4. The van der Waals surface area contributed by atoms with Gasteiger partial charge in [-0.05, 0) is 62.6 Å². The molecule has 2 atom stereocenters. The molecule has 4 heteroatoms. The number of likely N-dealkylation sites (tertiary alicyclic amines) is 2. The largest absolute Gasteiger partial charge is 0.396 e. The monoisotopic (exact) mass is 321 g/mol. The van der Waals surface area contributed by atoms with Crippen LogP contribution in [0, 0.1) is 34.5 Å². The highest BCUT2D eigenvalue weighted by Crippen LogP contribution is 2.34. The van der Waals surface area contributed by atoms with Crippen LogP contribution >= 0.6 is 0 Å². The van der Waals surface area contributed by atoms with Gasteiger partial charge in [0.1, 0.15) is 0 Å². The van der Waals surface area contributed by atoms with Crippen LogP contribution in [0.25, 0.3) is 0 Å². The molecule has 0 aromatic rings. The fourth-order valence-electron chi connectivity index (χ4n) is 4.21. The molecule has 2 fully saturated rings. The summed E-state index contributed by atoms with van der Waals surface area (Å²) in [5.41, 5.74) is 0.411. The minimum absolute atomic E-state index is 0.0960. The number of nitriles is 1. The Kier molecular flexibility index (Phi) is 6.88. The van der Waals surface area contributed by atoms with Gasteiger partial charge < -0.3 is 14.9 Å². The normalized spacial score (nSPS) is 26.8. The van der Waals surface area contributed by atoms with Crippen molar-refractivity contribution >= 4 is 0 Å². The molecule has 2 rings (SSSR count). The molecule has 0 bridgehead atoms. The Hall–Kier alpha value is -0.630. The van der Waals surface area contributed by atoms with Crippen molar-refractivity contribution < 1.29 is 5.11 Å². The molecule has 4 nitrogen and oxygen atoms in total. The molecule has 2 aliphatic heterocycles. The zero-order chi connectivity index (χ0) is 16.9. The van der Waals surface area contributed by atoms with E-state index in [-0.39, 0.29) is 12.5 Å². The van der Waals surface area contributed by atoms with E-state index in [1.807, 2.05) is 0 Å². The van der Waals surface area contributed by atoms with Gasteiger partial charge in [-0.25, -0.2) is 0 Å². The summed E-state index contributed by atoms with van der Waals surface area (Å²) in [6.07, 6.45) is 4.81. The Labute approximate surface area is 142 Å². The van der Waals surface area contributed by atoms with Gasteiger partial charge in [0.2, 0.25) is 0 Å². The molecule has 0 aromatic carbocycles. The van der Waals surface area contributed by atoms with Gasteiger partial charge in [0.15, 0.2) is 0 Å². The lowest BCUT2D eigenvalue weighted by molar-refractivity contribution is 0.0864. The lowest BCUT2D eigenvalue weighted by Gasteiger charge is -2.40. The topological polar surface area (TPSA) is 50.5 Å². The minimum atomic E-state index is 0.0960. The van der Waals surface area contributed by atoms with Crippen molar-refractivity contribution in [2.75, 3.05) is 45.9 Å². The second kappa shape index (κ2) is 8.46. The van der Waals surface area contributed by atoms with Gasteiger partial charge in [0, 0.05) is 26.2 Å². The van der Waals surface area contributed by atoms with Gasteiger partial charge in [-0.15, -0.1) is 0 Å². The van der Waals surface area contributed by atoms with Gasteiger partial charge in [-0.1, -0.05) is 20.8 Å². The van der Waals surface area contributed by atoms with Gasteiger partial charge in [-0.2, -0.15) is 5.26 Å². The lowest BCUT2D eigenvalue weighted by atomic mass is 9.75. The van der Waals surface area contributed by atoms with Crippen molar-refractivity contribution in [3.63, 3.8) is 0 Å². The molecule has 23 heavy (non-hydrogen) atoms. The third-order valence-electron chi connectivity index (χ3n) is 5.81. The SMILES string of the molecule is CC(C)(C)C1CCN(CC(C#N)CN2CCCC(CO)C2)CC1. The number of piperidine rings is 2. The zero-order valence-electron chi connectivity index (χ0n) is 15.3. The molecule has 0 aliphatic carbocycles. The van der Waals surface area contributed by atoms with Crippen LogP contribution in [-0.4, -0.2) is 60.8 Å². The maximum Gasteiger partial charge on any atom is 0.0717 e. The molecule has 2 aliphatic rings. The molecule has 1 N–H and O–H groups in total. The molecule has 0 radical (unpaired) electrons. The van der Waals surface area contributed by atoms with Crippen LogP contribution in [0.1, 0.15) is 46.5 Å². The number of rotatable bonds is 5. The number of hydrogen-bond acceptors (Lipinski definition) is 4. The van der Waals surface area contributed by atoms with Gasteiger partial charge in [-0.3, -0.25) is 0 Å². The molecule has 0 saturated carbocycles. The third kappa shape index (κ3) is 5.74. The second-order valence-electron chi connectivity index (χ2n) is 8.72. The molecule has 2 heterocycles. The van der Waals surface area contributed by atoms with Crippen LogP contribution in [0.3, 0.4) is 0 Å². The number of hydrogen-bond donors (Lipinski definition) is 1. The summed E-state index contributed by atoms with van der Waals surface area (Å²) >= 11 is 0. The van der Waals surface area contributed by atoms with E-state index in [2.05, 4.69) is 36.6 Å². The Bertz CT molecular complexity index is 390. The highest BCUT2D eigenvalue weighted by atomic mass is 16.3. The second-order valence-corrected chi connectivity index (χ2v) is 8.72. The van der Waals surface area contributed by atoms with E-state index in [9.17, 15) is 10.4 Å². The maximum atomic E-state index is 9.54. The van der Waals surface area contributed by atoms with Crippen LogP contribution in [0.4, 0.5) is 0 Å². The van der Waals surface area contributed by atoms with Crippen LogP contribution in [0.5, 0.6) is 0 Å². The van der Waals surface area contributed by atoms with E-state index in [4.69, 9.17) is 0 Å². The maximum absolute atomic E-state index is 9.54. The summed E-state index contributed by atoms with van der Waals surface area (Å²) in [5.74, 6) is 1.32. The van der Waals surface area contributed by atoms with Crippen molar-refractivity contribution in [3.8, 4) is 6.07 Å². The number of nitrogens with zero attached hydrogens (tertiary/aromatic N) is 3. The van der Waals surface area contributed by atoms with Crippen molar-refractivity contribution in [3.05, 3.63) is 0 Å². The van der Waals surface area contributed by atoms with Crippen molar-refractivity contribution in [1.29, 1.82) is 5.26 Å². The molecule has 0 amide bonds. The van der Waals surface area contributed by atoms with E-state index in [1.165, 1.54) is 12.8 Å². The van der Waals surface area contributed by atoms with Gasteiger partial charge >= 0.3 is 0 Å². The third-order valence-corrected chi connectivity index (χ3v) is 5.81. The summed E-state index contributed by atoms with van der Waals surface area (Å²) in [4.78, 5) is 4.88. The summed E-state index contributed by atoms with van der Waals surface area (Å²) in [7, 11) is 0. The van der Waals surface area contributed by atoms with Crippen LogP contribution in [0.15, 0.2) is 0 Å². The van der Waals surface area contributed by atoms with E-state index >= 15 is 0 Å². The standard InChI is InChI=1S/C19H35N3O/c1-19(2,3)18-6-9-21(10-7-18)13-17(11-20)14-22-8-4-5-16(12-22)15-23/h16-18,23H,4-10,12-15H2,1-3H3. The smallest absolute Gasteiger partial charge is 0.0717 e. The molecule has 0 spiro atoms. The molecule has 0 aromatic heterocycles. The molecule has 132 valence electrons. The highest BCUT2D eigenvalue weighted by molar-refractivity contribution is 4.90. The Morgan fingerprint density at radius 1 is 1.09 bits per heavy atom. The van der Waals surface area contributed by atoms with E-state index in [1.54, 1.807) is 0 Å². The first-order chi connectivity index (χ1) is 10.9. The minimum Gasteiger partial charge on any atom is -0.396 e. The Morgan fingerprint density at radius 3 is 2.30 bits per heavy atom. The van der Waals surface area contributed by atoms with Crippen LogP contribution in [0.2, 0.25) is 0 Å². The van der Waals surface area contributed by atoms with Crippen molar-refractivity contribution in [1.82, 2.24) is 9.80 Å². The first kappa shape index (κ1) is 18.7. The predicted octanol–water partition coefficient (Wildman–Crippen LogP) is 2.59. The summed E-state index contributed by atoms with van der Waals surface area (Å²) in [6, 6.07) is 2.53. The quantitative estimate of drug-likeness (QED) is 0.845. The first-order valence-electron chi connectivity index (χ1n) is 9.37. The molecular weight excluding hydrogens is 286 g/mol. The predicted molar refractivity (Wildman–Crippen MR) is 94.0 cm³/mol. The highest BCUT2D eigenvalue weighted by Gasteiger charge is 2.30. The van der Waals surface area contributed by atoms with E-state index in [0.29, 0.717) is 11.3 Å². The fourth-order valence-corrected chi connectivity index (χ4v) is 4.21. The van der Waals surface area contributed by atoms with Crippen molar-refractivity contribution in [2.24, 2.45) is 23.2 Å². The van der Waals surface area contributed by atoms with E-state index in [0.717, 1.165) is 58.0 Å². The van der Waals surface area contributed by atoms with Gasteiger partial charge in [0.25, 0.3) is 0 Å². The summed E-state index contributed by atoms with van der Waals surface area (Å²) < 4.78 is 0. The molecule has 2 unspecified atom stereocenters. The zero-order valence-corrected chi connectivity index (χ0v) is 15.3. The molecular formula is C19H35N3O. The fraction of sp³-hybridized carbons (Fsp3) is 0.947. The van der Waals surface area contributed by atoms with Gasteiger partial charge in [0.05, 0.1) is 12.0 Å². The average Bonchev–Trinajstić information content (AvgIpc) is 2.54.